The number of guanidine groups is 1. The van der Waals surface area contributed by atoms with Crippen molar-refractivity contribution in [2.24, 2.45) is 10.9 Å². The number of nitrogens with one attached hydrogen (secondary N) is 2. The van der Waals surface area contributed by atoms with Gasteiger partial charge in [-0.15, -0.1) is 34.2 Å². The summed E-state index contributed by atoms with van der Waals surface area (Å²) in [6, 6.07) is 7.97. The number of aryl methyl sites for hydroxylation is 1. The maximum atomic E-state index is 5.95. The van der Waals surface area contributed by atoms with Crippen molar-refractivity contribution in [2.45, 2.75) is 32.7 Å². The van der Waals surface area contributed by atoms with Gasteiger partial charge < -0.3 is 19.9 Å². The molecule has 2 heterocycles. The largest absolute Gasteiger partial charge is 0.381 e. The quantitative estimate of drug-likeness (QED) is 0.295. The topological polar surface area (TPSA) is 76.4 Å². The highest BCUT2D eigenvalue weighted by Gasteiger charge is 2.15. The van der Waals surface area contributed by atoms with Gasteiger partial charge in [0.2, 0.25) is 0 Å². The molecule has 7 nitrogen and oxygen atoms in total. The highest BCUT2D eigenvalue weighted by molar-refractivity contribution is 14.0. The molecule has 1 saturated heterocycles. The second-order valence-electron chi connectivity index (χ2n) is 6.94. The molecule has 0 radical (unpaired) electrons. The lowest BCUT2D eigenvalue weighted by Crippen LogP contribution is -2.40. The Kier molecular flexibility index (Phi) is 10.7. The lowest BCUT2D eigenvalue weighted by atomic mass is 10.1. The summed E-state index contributed by atoms with van der Waals surface area (Å²) in [5.41, 5.74) is 1.25. The molecule has 0 bridgehead atoms. The summed E-state index contributed by atoms with van der Waals surface area (Å²) in [6.45, 7) is 6.90. The number of nitrogens with zero attached hydrogens (tertiary/aromatic N) is 4. The zero-order valence-electron chi connectivity index (χ0n) is 16.8. The summed E-state index contributed by atoms with van der Waals surface area (Å²) in [4.78, 5) is 4.77. The molecule has 1 atom stereocenters. The molecule has 0 aliphatic carbocycles. The number of rotatable bonds is 9. The van der Waals surface area contributed by atoms with Gasteiger partial charge in [-0.05, 0) is 30.5 Å². The highest BCUT2D eigenvalue weighted by atomic mass is 127. The second kappa shape index (κ2) is 13.0. The van der Waals surface area contributed by atoms with E-state index in [9.17, 15) is 0 Å². The molecular formula is C20H30ClIN6O. The first-order chi connectivity index (χ1) is 13.7. The zero-order chi connectivity index (χ0) is 19.6. The second-order valence-corrected chi connectivity index (χ2v) is 7.38. The Hall–Kier alpha value is -1.39. The normalized spacial score (nSPS) is 16.5. The average Bonchev–Trinajstić information content (AvgIpc) is 3.38. The van der Waals surface area contributed by atoms with Crippen molar-refractivity contribution < 1.29 is 4.74 Å². The van der Waals surface area contributed by atoms with Gasteiger partial charge in [0, 0.05) is 50.1 Å². The van der Waals surface area contributed by atoms with Gasteiger partial charge in [-0.25, -0.2) is 0 Å². The Balaban J connectivity index is 0.00000300. The Morgan fingerprint density at radius 1 is 1.28 bits per heavy atom. The van der Waals surface area contributed by atoms with Crippen molar-refractivity contribution in [3.05, 3.63) is 47.0 Å². The molecule has 0 saturated carbocycles. The van der Waals surface area contributed by atoms with Crippen LogP contribution in [0.25, 0.3) is 0 Å². The SMILES string of the molecule is CCc1nncn1CCNC(=NCC1CCOC1)NCCc1ccc(Cl)cc1.I. The van der Waals surface area contributed by atoms with Gasteiger partial charge in [-0.1, -0.05) is 30.7 Å². The van der Waals surface area contributed by atoms with Crippen LogP contribution in [-0.2, 0) is 24.1 Å². The molecule has 29 heavy (non-hydrogen) atoms. The van der Waals surface area contributed by atoms with Crippen molar-refractivity contribution >= 4 is 41.5 Å². The minimum absolute atomic E-state index is 0. The summed E-state index contributed by atoms with van der Waals surface area (Å²) in [6.07, 6.45) is 4.65. The molecule has 160 valence electrons. The first-order valence-corrected chi connectivity index (χ1v) is 10.3. The number of aromatic nitrogens is 3. The van der Waals surface area contributed by atoms with Gasteiger partial charge in [0.05, 0.1) is 6.61 Å². The van der Waals surface area contributed by atoms with E-state index in [2.05, 4.69) is 44.5 Å². The maximum absolute atomic E-state index is 5.95. The lowest BCUT2D eigenvalue weighted by molar-refractivity contribution is 0.187. The van der Waals surface area contributed by atoms with E-state index in [1.807, 2.05) is 12.1 Å². The Labute approximate surface area is 194 Å². The molecule has 0 spiro atoms. The summed E-state index contributed by atoms with van der Waals surface area (Å²) < 4.78 is 7.53. The van der Waals surface area contributed by atoms with Crippen LogP contribution in [0.3, 0.4) is 0 Å². The summed E-state index contributed by atoms with van der Waals surface area (Å²) in [5.74, 6) is 2.35. The van der Waals surface area contributed by atoms with E-state index in [1.165, 1.54) is 5.56 Å². The van der Waals surface area contributed by atoms with Crippen LogP contribution in [0.5, 0.6) is 0 Å². The molecule has 0 amide bonds. The smallest absolute Gasteiger partial charge is 0.191 e. The monoisotopic (exact) mass is 532 g/mol. The highest BCUT2D eigenvalue weighted by Crippen LogP contribution is 2.12. The summed E-state index contributed by atoms with van der Waals surface area (Å²) in [5, 5.41) is 15.7. The van der Waals surface area contributed by atoms with E-state index in [-0.39, 0.29) is 24.0 Å². The van der Waals surface area contributed by atoms with Crippen LogP contribution < -0.4 is 10.6 Å². The molecule has 1 unspecified atom stereocenters. The van der Waals surface area contributed by atoms with Crippen LogP contribution in [-0.4, -0.2) is 53.6 Å². The van der Waals surface area contributed by atoms with Crippen LogP contribution in [0, 0.1) is 5.92 Å². The third kappa shape index (κ3) is 8.10. The van der Waals surface area contributed by atoms with Crippen LogP contribution in [0.1, 0.15) is 24.7 Å². The molecule has 1 aliphatic rings. The minimum atomic E-state index is 0. The number of ether oxygens (including phenoxy) is 1. The molecule has 1 aromatic carbocycles. The Morgan fingerprint density at radius 2 is 2.07 bits per heavy atom. The fourth-order valence-corrected chi connectivity index (χ4v) is 3.26. The van der Waals surface area contributed by atoms with Crippen molar-refractivity contribution in [2.75, 3.05) is 32.8 Å². The van der Waals surface area contributed by atoms with E-state index in [0.29, 0.717) is 5.92 Å². The van der Waals surface area contributed by atoms with Gasteiger partial charge in [-0.3, -0.25) is 4.99 Å². The van der Waals surface area contributed by atoms with Crippen molar-refractivity contribution in [1.82, 2.24) is 25.4 Å². The Morgan fingerprint density at radius 3 is 2.79 bits per heavy atom. The van der Waals surface area contributed by atoms with Crippen LogP contribution in [0.15, 0.2) is 35.6 Å². The standard InChI is InChI=1S/C20H29ClN6O.HI/c1-2-19-26-25-15-27(19)11-10-23-20(24-13-17-8-12-28-14-17)22-9-7-16-3-5-18(21)6-4-16;/h3-6,15,17H,2,7-14H2,1H3,(H2,22,23,24);1H. The number of benzene rings is 1. The molecular weight excluding hydrogens is 503 g/mol. The van der Waals surface area contributed by atoms with Crippen LogP contribution in [0.2, 0.25) is 5.02 Å². The molecule has 2 N–H and O–H groups in total. The summed E-state index contributed by atoms with van der Waals surface area (Å²) in [7, 11) is 0. The number of hydrogen-bond acceptors (Lipinski definition) is 4. The lowest BCUT2D eigenvalue weighted by Gasteiger charge is -2.14. The number of hydrogen-bond donors (Lipinski definition) is 2. The Bertz CT molecular complexity index is 746. The predicted molar refractivity (Wildman–Crippen MR) is 127 cm³/mol. The van der Waals surface area contributed by atoms with Gasteiger partial charge in [-0.2, -0.15) is 0 Å². The summed E-state index contributed by atoms with van der Waals surface area (Å²) >= 11 is 5.95. The van der Waals surface area contributed by atoms with Gasteiger partial charge >= 0.3 is 0 Å². The van der Waals surface area contributed by atoms with E-state index in [4.69, 9.17) is 21.3 Å². The van der Waals surface area contributed by atoms with Gasteiger partial charge in [0.25, 0.3) is 0 Å². The molecule has 1 aliphatic heterocycles. The first kappa shape index (κ1) is 23.9. The van der Waals surface area contributed by atoms with Gasteiger partial charge in [0.1, 0.15) is 12.2 Å². The third-order valence-corrected chi connectivity index (χ3v) is 5.06. The van der Waals surface area contributed by atoms with E-state index >= 15 is 0 Å². The molecule has 9 heteroatoms. The van der Waals surface area contributed by atoms with Crippen molar-refractivity contribution in [3.8, 4) is 0 Å². The van der Waals surface area contributed by atoms with Crippen LogP contribution in [0.4, 0.5) is 0 Å². The molecule has 2 aromatic rings. The predicted octanol–water partition coefficient (Wildman–Crippen LogP) is 2.93. The van der Waals surface area contributed by atoms with Gasteiger partial charge in [0.15, 0.2) is 5.96 Å². The molecule has 1 aromatic heterocycles. The van der Waals surface area contributed by atoms with E-state index in [0.717, 1.165) is 75.5 Å². The average molecular weight is 533 g/mol. The van der Waals surface area contributed by atoms with E-state index < -0.39 is 0 Å². The minimum Gasteiger partial charge on any atom is -0.381 e. The maximum Gasteiger partial charge on any atom is 0.191 e. The van der Waals surface area contributed by atoms with Crippen molar-refractivity contribution in [3.63, 3.8) is 0 Å². The fraction of sp³-hybridized carbons (Fsp3) is 0.550. The van der Waals surface area contributed by atoms with Crippen LogP contribution >= 0.6 is 35.6 Å². The third-order valence-electron chi connectivity index (χ3n) is 4.81. The number of aliphatic imine (C=N–C) groups is 1. The zero-order valence-corrected chi connectivity index (χ0v) is 19.9. The molecule has 1 fully saturated rings. The molecule has 3 rings (SSSR count). The fourth-order valence-electron chi connectivity index (χ4n) is 3.13. The van der Waals surface area contributed by atoms with E-state index in [1.54, 1.807) is 6.33 Å². The first-order valence-electron chi connectivity index (χ1n) is 9.95. The number of halogens is 2. The van der Waals surface area contributed by atoms with Crippen molar-refractivity contribution in [1.29, 1.82) is 0 Å².